The molecule has 1 fully saturated rings. The van der Waals surface area contributed by atoms with E-state index in [2.05, 4.69) is 40.7 Å². The summed E-state index contributed by atoms with van der Waals surface area (Å²) in [4.78, 5) is 26.4. The summed E-state index contributed by atoms with van der Waals surface area (Å²) in [5.41, 5.74) is 9.03. The second-order valence-corrected chi connectivity index (χ2v) is 6.84. The van der Waals surface area contributed by atoms with Crippen LogP contribution in [0, 0.1) is 0 Å². The molecule has 0 saturated carbocycles. The number of nitrogens with one attached hydrogen (secondary N) is 1. The van der Waals surface area contributed by atoms with Gasteiger partial charge in [0.15, 0.2) is 5.69 Å². The number of carboxylic acid groups (broad SMARTS) is 1. The molecular weight excluding hydrogens is 406 g/mol. The average molecular weight is 425 g/mol. The fourth-order valence-electron chi connectivity index (χ4n) is 3.30. The number of amides is 1. The molecule has 31 heavy (non-hydrogen) atoms. The minimum atomic E-state index is -1.10. The molecule has 13 heteroatoms. The second kappa shape index (κ2) is 8.71. The fourth-order valence-corrected chi connectivity index (χ4v) is 3.30. The Morgan fingerprint density at radius 2 is 2.03 bits per heavy atom. The minimum Gasteiger partial charge on any atom is -0.478 e. The third-order valence-corrected chi connectivity index (χ3v) is 4.78. The van der Waals surface area contributed by atoms with Gasteiger partial charge < -0.3 is 10.8 Å². The number of hydrogen-bond acceptors (Lipinski definition) is 10. The predicted octanol–water partition coefficient (Wildman–Crippen LogP) is 0.290. The van der Waals surface area contributed by atoms with Gasteiger partial charge in [-0.05, 0) is 42.3 Å². The van der Waals surface area contributed by atoms with Crippen molar-refractivity contribution in [2.24, 2.45) is 5.10 Å². The average Bonchev–Trinajstić information content (AvgIpc) is 3.50. The number of hydrogen-bond donors (Lipinski definition) is 3. The SMILES string of the molecule is Nc1nonc1-n1nnc(CN2CCCC2)c1C(=O)N/N=C\c1ccccc1C(=O)O. The molecule has 160 valence electrons. The van der Waals surface area contributed by atoms with Crippen LogP contribution in [0.3, 0.4) is 0 Å². The molecule has 1 saturated heterocycles. The number of aromatic nitrogens is 5. The van der Waals surface area contributed by atoms with Gasteiger partial charge in [-0.2, -0.15) is 9.78 Å². The van der Waals surface area contributed by atoms with Crippen LogP contribution in [0.5, 0.6) is 0 Å². The third kappa shape index (κ3) is 4.25. The number of nitrogen functional groups attached to an aromatic ring is 1. The van der Waals surface area contributed by atoms with Crippen LogP contribution in [-0.2, 0) is 6.54 Å². The molecule has 1 amide bonds. The van der Waals surface area contributed by atoms with E-state index in [-0.39, 0.29) is 22.9 Å². The molecule has 0 unspecified atom stereocenters. The number of likely N-dealkylation sites (tertiary alicyclic amines) is 1. The molecule has 1 aliphatic heterocycles. The quantitative estimate of drug-likeness (QED) is 0.352. The number of aromatic carboxylic acids is 1. The smallest absolute Gasteiger partial charge is 0.336 e. The fraction of sp³-hybridized carbons (Fsp3) is 0.278. The number of benzene rings is 1. The molecule has 1 aromatic carbocycles. The van der Waals surface area contributed by atoms with E-state index in [0.29, 0.717) is 17.8 Å². The zero-order valence-corrected chi connectivity index (χ0v) is 16.3. The summed E-state index contributed by atoms with van der Waals surface area (Å²) < 4.78 is 5.76. The number of hydrazone groups is 1. The first-order valence-corrected chi connectivity index (χ1v) is 9.45. The highest BCUT2D eigenvalue weighted by molar-refractivity contribution is 5.99. The number of nitrogens with two attached hydrogens (primary N) is 1. The molecule has 4 N–H and O–H groups in total. The number of rotatable bonds is 7. The maximum atomic E-state index is 13.0. The van der Waals surface area contributed by atoms with E-state index in [9.17, 15) is 14.7 Å². The first-order valence-electron chi connectivity index (χ1n) is 9.45. The monoisotopic (exact) mass is 425 g/mol. The van der Waals surface area contributed by atoms with Crippen molar-refractivity contribution in [3.8, 4) is 5.82 Å². The molecule has 4 rings (SSSR count). The second-order valence-electron chi connectivity index (χ2n) is 6.84. The van der Waals surface area contributed by atoms with Gasteiger partial charge in [-0.1, -0.05) is 23.4 Å². The van der Waals surface area contributed by atoms with Crippen molar-refractivity contribution in [1.29, 1.82) is 0 Å². The zero-order valence-electron chi connectivity index (χ0n) is 16.3. The van der Waals surface area contributed by atoms with Crippen molar-refractivity contribution in [3.05, 3.63) is 46.8 Å². The summed E-state index contributed by atoms with van der Waals surface area (Å²) >= 11 is 0. The van der Waals surface area contributed by atoms with Crippen LogP contribution >= 0.6 is 0 Å². The van der Waals surface area contributed by atoms with Gasteiger partial charge in [0.2, 0.25) is 11.6 Å². The number of carbonyl (C=O) groups excluding carboxylic acids is 1. The van der Waals surface area contributed by atoms with Crippen molar-refractivity contribution in [2.75, 3.05) is 18.8 Å². The summed E-state index contributed by atoms with van der Waals surface area (Å²) in [6.45, 7) is 2.21. The van der Waals surface area contributed by atoms with Gasteiger partial charge in [0.25, 0.3) is 5.91 Å². The van der Waals surface area contributed by atoms with Crippen molar-refractivity contribution >= 4 is 23.9 Å². The lowest BCUT2D eigenvalue weighted by Crippen LogP contribution is -2.26. The summed E-state index contributed by atoms with van der Waals surface area (Å²) in [5.74, 6) is -1.74. The van der Waals surface area contributed by atoms with Crippen LogP contribution in [0.1, 0.15) is 44.9 Å². The highest BCUT2D eigenvalue weighted by atomic mass is 16.6. The van der Waals surface area contributed by atoms with Gasteiger partial charge >= 0.3 is 5.97 Å². The van der Waals surface area contributed by atoms with E-state index in [0.717, 1.165) is 30.6 Å². The Labute approximate surface area is 175 Å². The Balaban J connectivity index is 1.61. The summed E-state index contributed by atoms with van der Waals surface area (Å²) in [6, 6.07) is 6.29. The van der Waals surface area contributed by atoms with Crippen molar-refractivity contribution in [2.45, 2.75) is 19.4 Å². The highest BCUT2D eigenvalue weighted by Gasteiger charge is 2.26. The van der Waals surface area contributed by atoms with Crippen LogP contribution in [0.2, 0.25) is 0 Å². The highest BCUT2D eigenvalue weighted by Crippen LogP contribution is 2.19. The van der Waals surface area contributed by atoms with Gasteiger partial charge in [0.1, 0.15) is 5.69 Å². The molecule has 3 heterocycles. The zero-order chi connectivity index (χ0) is 21.8. The molecule has 0 radical (unpaired) electrons. The molecular formula is C18H19N9O4. The van der Waals surface area contributed by atoms with Crippen molar-refractivity contribution in [3.63, 3.8) is 0 Å². The first-order chi connectivity index (χ1) is 15.0. The Hall–Kier alpha value is -4.13. The number of carboxylic acids is 1. The molecule has 0 bridgehead atoms. The van der Waals surface area contributed by atoms with Crippen molar-refractivity contribution in [1.82, 2.24) is 35.6 Å². The lowest BCUT2D eigenvalue weighted by Gasteiger charge is -2.13. The lowest BCUT2D eigenvalue weighted by atomic mass is 10.1. The molecule has 0 atom stereocenters. The maximum Gasteiger partial charge on any atom is 0.336 e. The molecule has 1 aliphatic rings. The summed E-state index contributed by atoms with van der Waals surface area (Å²) in [7, 11) is 0. The number of nitrogens with zero attached hydrogens (tertiary/aromatic N) is 7. The van der Waals surface area contributed by atoms with Crippen LogP contribution in [0.4, 0.5) is 5.82 Å². The molecule has 3 aromatic rings. The van der Waals surface area contributed by atoms with Crippen molar-refractivity contribution < 1.29 is 19.3 Å². The first kappa shape index (κ1) is 20.2. The largest absolute Gasteiger partial charge is 0.478 e. The molecule has 2 aromatic heterocycles. The van der Waals surface area contributed by atoms with Crippen LogP contribution in [0.25, 0.3) is 5.82 Å². The molecule has 0 aliphatic carbocycles. The van der Waals surface area contributed by atoms with Gasteiger partial charge in [-0.3, -0.25) is 9.69 Å². The maximum absolute atomic E-state index is 13.0. The van der Waals surface area contributed by atoms with E-state index in [1.54, 1.807) is 18.2 Å². The topological polar surface area (TPSA) is 178 Å². The summed E-state index contributed by atoms with van der Waals surface area (Å²) in [5, 5.41) is 28.5. The van der Waals surface area contributed by atoms with Crippen LogP contribution in [0.15, 0.2) is 34.0 Å². The van der Waals surface area contributed by atoms with E-state index >= 15 is 0 Å². The standard InChI is InChI=1S/C18H19N9O4/c19-15-16(24-31-23-15)27-14(13(21-25-27)10-26-7-3-4-8-26)17(28)22-20-9-11-5-1-2-6-12(11)18(29)30/h1-2,5-6,9H,3-4,7-8,10H2,(H2,19,23)(H,22,28)(H,29,30)/b20-9-. The van der Waals surface area contributed by atoms with Gasteiger partial charge in [-0.25, -0.2) is 14.8 Å². The predicted molar refractivity (Wildman–Crippen MR) is 107 cm³/mol. The van der Waals surface area contributed by atoms with Gasteiger partial charge in [0.05, 0.1) is 11.8 Å². The summed E-state index contributed by atoms with van der Waals surface area (Å²) in [6.07, 6.45) is 3.40. The number of carbonyl (C=O) groups is 2. The Bertz CT molecular complexity index is 1130. The van der Waals surface area contributed by atoms with E-state index in [1.165, 1.54) is 12.3 Å². The minimum absolute atomic E-state index is 0.0329. The van der Waals surface area contributed by atoms with Gasteiger partial charge in [0, 0.05) is 12.1 Å². The third-order valence-electron chi connectivity index (χ3n) is 4.78. The number of anilines is 1. The molecule has 13 nitrogen and oxygen atoms in total. The Morgan fingerprint density at radius 3 is 2.74 bits per heavy atom. The Morgan fingerprint density at radius 1 is 1.26 bits per heavy atom. The van der Waals surface area contributed by atoms with Crippen LogP contribution in [-0.4, -0.2) is 66.5 Å². The molecule has 0 spiro atoms. The normalized spacial score (nSPS) is 14.3. The van der Waals surface area contributed by atoms with E-state index < -0.39 is 11.9 Å². The van der Waals surface area contributed by atoms with Gasteiger partial charge in [-0.15, -0.1) is 5.10 Å². The lowest BCUT2D eigenvalue weighted by molar-refractivity contribution is 0.0696. The van der Waals surface area contributed by atoms with E-state index in [1.807, 2.05) is 0 Å². The Kier molecular flexibility index (Phi) is 5.66. The van der Waals surface area contributed by atoms with E-state index in [4.69, 9.17) is 5.73 Å². The van der Waals surface area contributed by atoms with Crippen LogP contribution < -0.4 is 11.2 Å².